The molecule has 26 heavy (non-hydrogen) atoms. The number of nitrogens with zero attached hydrogens (tertiary/aromatic N) is 2. The lowest BCUT2D eigenvalue weighted by atomic mass is 9.87. The molecule has 0 saturated carbocycles. The number of carbonyl (C=O) groups excluding carboxylic acids is 2. The maximum Gasteiger partial charge on any atom is 0.265 e. The third-order valence-electron chi connectivity index (χ3n) is 5.30. The van der Waals surface area contributed by atoms with E-state index in [2.05, 4.69) is 12.1 Å². The molecule has 1 atom stereocenters. The largest absolute Gasteiger partial charge is 0.482 e. The van der Waals surface area contributed by atoms with Gasteiger partial charge in [-0.3, -0.25) is 14.5 Å². The van der Waals surface area contributed by atoms with Gasteiger partial charge < -0.3 is 9.64 Å². The number of aryl methyl sites for hydroxylation is 1. The topological polar surface area (TPSA) is 49.9 Å². The van der Waals surface area contributed by atoms with Crippen molar-refractivity contribution in [2.45, 2.75) is 25.3 Å². The van der Waals surface area contributed by atoms with Crippen LogP contribution >= 0.6 is 0 Å². The van der Waals surface area contributed by atoms with Crippen molar-refractivity contribution in [2.75, 3.05) is 25.1 Å². The van der Waals surface area contributed by atoms with Crippen LogP contribution in [-0.4, -0.2) is 36.9 Å². The summed E-state index contributed by atoms with van der Waals surface area (Å²) < 4.78 is 5.45. The zero-order chi connectivity index (χ0) is 18.1. The highest BCUT2D eigenvalue weighted by atomic mass is 16.5. The van der Waals surface area contributed by atoms with Crippen LogP contribution in [0.2, 0.25) is 0 Å². The molecule has 0 aromatic heterocycles. The molecule has 5 heteroatoms. The summed E-state index contributed by atoms with van der Waals surface area (Å²) in [5.74, 6) is 0.400. The molecule has 1 unspecified atom stereocenters. The second kappa shape index (κ2) is 6.83. The molecule has 0 bridgehead atoms. The first kappa shape index (κ1) is 16.6. The maximum atomic E-state index is 13.0. The van der Waals surface area contributed by atoms with Crippen LogP contribution in [0.25, 0.3) is 0 Å². The average Bonchev–Trinajstić information content (AvgIpc) is 2.69. The molecule has 0 saturated heterocycles. The Balaban J connectivity index is 1.55. The van der Waals surface area contributed by atoms with E-state index in [1.165, 1.54) is 16.0 Å². The molecule has 0 N–H and O–H groups in total. The molecule has 0 fully saturated rings. The van der Waals surface area contributed by atoms with E-state index in [1.807, 2.05) is 43.4 Å². The highest BCUT2D eigenvalue weighted by Crippen LogP contribution is 2.35. The zero-order valence-electron chi connectivity index (χ0n) is 14.9. The molecule has 1 heterocycles. The van der Waals surface area contributed by atoms with Crippen molar-refractivity contribution in [3.8, 4) is 5.75 Å². The maximum absolute atomic E-state index is 13.0. The van der Waals surface area contributed by atoms with Crippen LogP contribution in [-0.2, 0) is 16.0 Å². The Morgan fingerprint density at radius 1 is 1.19 bits per heavy atom. The Morgan fingerprint density at radius 2 is 1.96 bits per heavy atom. The first-order valence-electron chi connectivity index (χ1n) is 9.01. The summed E-state index contributed by atoms with van der Waals surface area (Å²) in [5.41, 5.74) is 3.20. The lowest BCUT2D eigenvalue weighted by Crippen LogP contribution is -2.46. The van der Waals surface area contributed by atoms with Crippen molar-refractivity contribution in [3.05, 3.63) is 59.7 Å². The fourth-order valence-corrected chi connectivity index (χ4v) is 3.88. The van der Waals surface area contributed by atoms with Crippen LogP contribution < -0.4 is 9.64 Å². The van der Waals surface area contributed by atoms with E-state index in [-0.39, 0.29) is 31.0 Å². The zero-order valence-corrected chi connectivity index (χ0v) is 14.9. The van der Waals surface area contributed by atoms with Gasteiger partial charge in [0.15, 0.2) is 6.61 Å². The van der Waals surface area contributed by atoms with Crippen molar-refractivity contribution >= 4 is 17.5 Å². The Bertz CT molecular complexity index is 849. The number of hydrogen-bond acceptors (Lipinski definition) is 3. The summed E-state index contributed by atoms with van der Waals surface area (Å²) in [7, 11) is 1.84. The van der Waals surface area contributed by atoms with Crippen molar-refractivity contribution in [2.24, 2.45) is 0 Å². The summed E-state index contributed by atoms with van der Waals surface area (Å²) >= 11 is 0. The monoisotopic (exact) mass is 350 g/mol. The summed E-state index contributed by atoms with van der Waals surface area (Å²) in [6, 6.07) is 15.7. The average molecular weight is 350 g/mol. The molecule has 0 spiro atoms. The molecule has 0 radical (unpaired) electrons. The Hall–Kier alpha value is -2.82. The van der Waals surface area contributed by atoms with Crippen LogP contribution in [0.4, 0.5) is 5.69 Å². The van der Waals surface area contributed by atoms with E-state index in [0.29, 0.717) is 11.4 Å². The second-order valence-electron chi connectivity index (χ2n) is 6.85. The summed E-state index contributed by atoms with van der Waals surface area (Å²) in [6.07, 6.45) is 3.08. The summed E-state index contributed by atoms with van der Waals surface area (Å²) in [5, 5.41) is 0. The first-order chi connectivity index (χ1) is 12.6. The standard InChI is InChI=1S/C21H22N2O3/c1-22(17-11-6-8-15-7-2-3-9-16(15)17)20(24)13-23-18-10-4-5-12-19(18)26-14-21(23)25/h2-5,7,9-10,12,17H,6,8,11,13-14H2,1H3. The molecular weight excluding hydrogens is 328 g/mol. The third kappa shape index (κ3) is 2.94. The molecule has 4 rings (SSSR count). The Labute approximate surface area is 153 Å². The SMILES string of the molecule is CN(C(=O)CN1C(=O)COc2ccccc21)C1CCCc2ccccc21. The van der Waals surface area contributed by atoms with Crippen LogP contribution in [0.1, 0.15) is 30.0 Å². The predicted molar refractivity (Wildman–Crippen MR) is 99.2 cm³/mol. The number of fused-ring (bicyclic) bond motifs is 2. The third-order valence-corrected chi connectivity index (χ3v) is 5.30. The van der Waals surface area contributed by atoms with Gasteiger partial charge in [0, 0.05) is 7.05 Å². The molecule has 2 aliphatic rings. The van der Waals surface area contributed by atoms with E-state index >= 15 is 0 Å². The lowest BCUT2D eigenvalue weighted by Gasteiger charge is -2.35. The minimum Gasteiger partial charge on any atom is -0.482 e. The lowest BCUT2D eigenvalue weighted by molar-refractivity contribution is -0.133. The van der Waals surface area contributed by atoms with Crippen molar-refractivity contribution < 1.29 is 14.3 Å². The highest BCUT2D eigenvalue weighted by molar-refractivity contribution is 6.02. The number of carbonyl (C=O) groups is 2. The Morgan fingerprint density at radius 3 is 2.85 bits per heavy atom. The number of para-hydroxylation sites is 2. The summed E-state index contributed by atoms with van der Waals surface area (Å²) in [4.78, 5) is 28.6. The predicted octanol–water partition coefficient (Wildman–Crippen LogP) is 2.95. The van der Waals surface area contributed by atoms with Gasteiger partial charge in [0.2, 0.25) is 5.91 Å². The number of hydrogen-bond donors (Lipinski definition) is 0. The van der Waals surface area contributed by atoms with Crippen LogP contribution in [0.5, 0.6) is 5.75 Å². The van der Waals surface area contributed by atoms with E-state index < -0.39 is 0 Å². The minimum atomic E-state index is -0.186. The highest BCUT2D eigenvalue weighted by Gasteiger charge is 2.31. The smallest absolute Gasteiger partial charge is 0.265 e. The summed E-state index contributed by atoms with van der Waals surface area (Å²) in [6.45, 7) is 0.00857. The van der Waals surface area contributed by atoms with Gasteiger partial charge in [0.05, 0.1) is 11.7 Å². The minimum absolute atomic E-state index is 0.0275. The number of rotatable bonds is 3. The van der Waals surface area contributed by atoms with Gasteiger partial charge in [0.25, 0.3) is 5.91 Å². The van der Waals surface area contributed by atoms with Crippen molar-refractivity contribution in [1.82, 2.24) is 4.90 Å². The molecule has 1 aliphatic heterocycles. The van der Waals surface area contributed by atoms with Gasteiger partial charge in [-0.25, -0.2) is 0 Å². The van der Waals surface area contributed by atoms with Gasteiger partial charge in [0.1, 0.15) is 12.3 Å². The second-order valence-corrected chi connectivity index (χ2v) is 6.85. The van der Waals surface area contributed by atoms with Crippen molar-refractivity contribution in [3.63, 3.8) is 0 Å². The van der Waals surface area contributed by atoms with Crippen LogP contribution in [0, 0.1) is 0 Å². The van der Waals surface area contributed by atoms with Crippen LogP contribution in [0.3, 0.4) is 0 Å². The van der Waals surface area contributed by atoms with Gasteiger partial charge in [-0.2, -0.15) is 0 Å². The first-order valence-corrected chi connectivity index (χ1v) is 9.01. The molecule has 134 valence electrons. The molecule has 5 nitrogen and oxygen atoms in total. The van der Waals surface area contributed by atoms with Gasteiger partial charge in [-0.15, -0.1) is 0 Å². The fraction of sp³-hybridized carbons (Fsp3) is 0.333. The number of amides is 2. The number of anilines is 1. The van der Waals surface area contributed by atoms with Crippen molar-refractivity contribution in [1.29, 1.82) is 0 Å². The molecule has 1 aliphatic carbocycles. The van der Waals surface area contributed by atoms with Gasteiger partial charge >= 0.3 is 0 Å². The molecular formula is C21H22N2O3. The fourth-order valence-electron chi connectivity index (χ4n) is 3.88. The van der Waals surface area contributed by atoms with Gasteiger partial charge in [-0.05, 0) is 42.5 Å². The van der Waals surface area contributed by atoms with E-state index in [1.54, 1.807) is 4.90 Å². The van der Waals surface area contributed by atoms with Gasteiger partial charge in [-0.1, -0.05) is 36.4 Å². The quantitative estimate of drug-likeness (QED) is 0.855. The number of benzene rings is 2. The van der Waals surface area contributed by atoms with E-state index in [0.717, 1.165) is 19.3 Å². The molecule has 2 amide bonds. The molecule has 2 aromatic carbocycles. The molecule has 2 aromatic rings. The Kier molecular flexibility index (Phi) is 4.37. The van der Waals surface area contributed by atoms with E-state index in [4.69, 9.17) is 4.74 Å². The van der Waals surface area contributed by atoms with E-state index in [9.17, 15) is 9.59 Å². The van der Waals surface area contributed by atoms with Crippen LogP contribution in [0.15, 0.2) is 48.5 Å². The normalized spacial score (nSPS) is 18.6. The number of likely N-dealkylation sites (N-methyl/N-ethyl adjacent to an activating group) is 1. The number of ether oxygens (including phenoxy) is 1.